The third kappa shape index (κ3) is 3.05. The van der Waals surface area contributed by atoms with Gasteiger partial charge in [0.05, 0.1) is 17.3 Å². The van der Waals surface area contributed by atoms with Gasteiger partial charge in [0.25, 0.3) is 0 Å². The summed E-state index contributed by atoms with van der Waals surface area (Å²) in [5, 5.41) is 12.7. The molecule has 76 valence electrons. The minimum absolute atomic E-state index is 0.0267. The summed E-state index contributed by atoms with van der Waals surface area (Å²) in [6.45, 7) is 6.44. The van der Waals surface area contributed by atoms with Gasteiger partial charge in [-0.25, -0.2) is 0 Å². The Morgan fingerprint density at radius 3 is 2.86 bits per heavy atom. The largest absolute Gasteiger partial charge is 0.392 e. The number of nitrogens with one attached hydrogen (secondary N) is 1. The van der Waals surface area contributed by atoms with Gasteiger partial charge in [0.1, 0.15) is 0 Å². The molecule has 0 saturated carbocycles. The van der Waals surface area contributed by atoms with Crippen LogP contribution in [0.4, 0.5) is 5.69 Å². The summed E-state index contributed by atoms with van der Waals surface area (Å²) in [6, 6.07) is 5.41. The van der Waals surface area contributed by atoms with Gasteiger partial charge in [-0.2, -0.15) is 0 Å². The maximum atomic E-state index is 8.94. The zero-order chi connectivity index (χ0) is 10.6. The summed E-state index contributed by atoms with van der Waals surface area (Å²) < 4.78 is 0. The third-order valence-corrected chi connectivity index (χ3v) is 2.12. The van der Waals surface area contributed by atoms with E-state index >= 15 is 0 Å². The van der Waals surface area contributed by atoms with Crippen molar-refractivity contribution < 1.29 is 5.11 Å². The predicted octanol–water partition coefficient (Wildman–Crippen LogP) is 2.82. The SMILES string of the molecule is C=C(C)CNc1cc(CO)ccc1Cl. The Hall–Kier alpha value is -0.990. The summed E-state index contributed by atoms with van der Waals surface area (Å²) in [6.07, 6.45) is 0. The van der Waals surface area contributed by atoms with Crippen LogP contribution in [0, 0.1) is 0 Å². The van der Waals surface area contributed by atoms with Crippen molar-refractivity contribution in [1.82, 2.24) is 0 Å². The van der Waals surface area contributed by atoms with Crippen LogP contribution in [0.1, 0.15) is 12.5 Å². The molecule has 0 spiro atoms. The lowest BCUT2D eigenvalue weighted by Crippen LogP contribution is -2.02. The van der Waals surface area contributed by atoms with E-state index in [-0.39, 0.29) is 6.61 Å². The van der Waals surface area contributed by atoms with Crippen LogP contribution in [0.2, 0.25) is 5.02 Å². The molecule has 2 N–H and O–H groups in total. The van der Waals surface area contributed by atoms with E-state index in [0.29, 0.717) is 11.6 Å². The average molecular weight is 212 g/mol. The van der Waals surface area contributed by atoms with Crippen LogP contribution in [0.3, 0.4) is 0 Å². The molecule has 1 aromatic rings. The van der Waals surface area contributed by atoms with Crippen molar-refractivity contribution in [2.24, 2.45) is 0 Å². The molecule has 0 radical (unpaired) electrons. The summed E-state index contributed by atoms with van der Waals surface area (Å²) in [5.74, 6) is 0. The molecule has 0 saturated heterocycles. The fourth-order valence-electron chi connectivity index (χ4n) is 1.05. The monoisotopic (exact) mass is 211 g/mol. The Bertz CT molecular complexity index is 336. The lowest BCUT2D eigenvalue weighted by molar-refractivity contribution is 0.282. The molecule has 0 aliphatic heterocycles. The molecular formula is C11H14ClNO. The molecule has 0 unspecified atom stereocenters. The maximum Gasteiger partial charge on any atom is 0.0682 e. The van der Waals surface area contributed by atoms with Crippen molar-refractivity contribution in [1.29, 1.82) is 0 Å². The molecule has 1 rings (SSSR count). The molecule has 0 atom stereocenters. The van der Waals surface area contributed by atoms with Crippen molar-refractivity contribution in [2.75, 3.05) is 11.9 Å². The third-order valence-electron chi connectivity index (χ3n) is 1.79. The first-order chi connectivity index (χ1) is 6.63. The second-order valence-electron chi connectivity index (χ2n) is 3.28. The first-order valence-corrected chi connectivity index (χ1v) is 4.79. The first-order valence-electron chi connectivity index (χ1n) is 4.41. The van der Waals surface area contributed by atoms with Gasteiger partial charge in [0.15, 0.2) is 0 Å². The van der Waals surface area contributed by atoms with Crippen LogP contribution in [0.25, 0.3) is 0 Å². The molecule has 0 amide bonds. The van der Waals surface area contributed by atoms with E-state index in [1.807, 2.05) is 13.0 Å². The lowest BCUT2D eigenvalue weighted by atomic mass is 10.2. The van der Waals surface area contributed by atoms with Crippen LogP contribution in [0.5, 0.6) is 0 Å². The van der Waals surface area contributed by atoms with Gasteiger partial charge in [-0.05, 0) is 24.6 Å². The van der Waals surface area contributed by atoms with Gasteiger partial charge in [-0.15, -0.1) is 0 Å². The van der Waals surface area contributed by atoms with Crippen LogP contribution >= 0.6 is 11.6 Å². The minimum Gasteiger partial charge on any atom is -0.392 e. The zero-order valence-electron chi connectivity index (χ0n) is 8.18. The fourth-order valence-corrected chi connectivity index (χ4v) is 1.24. The summed E-state index contributed by atoms with van der Waals surface area (Å²) in [7, 11) is 0. The van der Waals surface area contributed by atoms with Gasteiger partial charge in [-0.3, -0.25) is 0 Å². The van der Waals surface area contributed by atoms with E-state index < -0.39 is 0 Å². The number of benzene rings is 1. The quantitative estimate of drug-likeness (QED) is 0.751. The highest BCUT2D eigenvalue weighted by Crippen LogP contribution is 2.23. The smallest absolute Gasteiger partial charge is 0.0682 e. The van der Waals surface area contributed by atoms with E-state index in [1.54, 1.807) is 12.1 Å². The highest BCUT2D eigenvalue weighted by atomic mass is 35.5. The summed E-state index contributed by atoms with van der Waals surface area (Å²) in [5.41, 5.74) is 2.72. The van der Waals surface area contributed by atoms with Crippen molar-refractivity contribution in [3.63, 3.8) is 0 Å². The first kappa shape index (κ1) is 11.1. The molecule has 0 aliphatic carbocycles. The number of hydrogen-bond donors (Lipinski definition) is 2. The van der Waals surface area contributed by atoms with E-state index in [2.05, 4.69) is 11.9 Å². The molecule has 0 heterocycles. The van der Waals surface area contributed by atoms with Crippen molar-refractivity contribution in [2.45, 2.75) is 13.5 Å². The Morgan fingerprint density at radius 2 is 2.29 bits per heavy atom. The van der Waals surface area contributed by atoms with Gasteiger partial charge in [0.2, 0.25) is 0 Å². The van der Waals surface area contributed by atoms with Gasteiger partial charge in [-0.1, -0.05) is 29.8 Å². The number of hydrogen-bond acceptors (Lipinski definition) is 2. The van der Waals surface area contributed by atoms with Crippen molar-refractivity contribution in [3.8, 4) is 0 Å². The molecule has 1 aromatic carbocycles. The van der Waals surface area contributed by atoms with E-state index in [1.165, 1.54) is 0 Å². The number of aliphatic hydroxyl groups is 1. The summed E-state index contributed by atoms with van der Waals surface area (Å²) >= 11 is 5.96. The minimum atomic E-state index is 0.0267. The molecular weight excluding hydrogens is 198 g/mol. The lowest BCUT2D eigenvalue weighted by Gasteiger charge is -2.09. The topological polar surface area (TPSA) is 32.3 Å². The van der Waals surface area contributed by atoms with E-state index in [4.69, 9.17) is 16.7 Å². The molecule has 0 aliphatic rings. The number of anilines is 1. The van der Waals surface area contributed by atoms with Gasteiger partial charge >= 0.3 is 0 Å². The van der Waals surface area contributed by atoms with Crippen LogP contribution < -0.4 is 5.32 Å². The molecule has 14 heavy (non-hydrogen) atoms. The van der Waals surface area contributed by atoms with Gasteiger partial charge in [0, 0.05) is 6.54 Å². The van der Waals surface area contributed by atoms with Crippen molar-refractivity contribution in [3.05, 3.63) is 40.9 Å². The average Bonchev–Trinajstić information content (AvgIpc) is 2.16. The number of halogens is 1. The Labute approximate surface area is 89.2 Å². The number of aliphatic hydroxyl groups excluding tert-OH is 1. The Morgan fingerprint density at radius 1 is 1.57 bits per heavy atom. The molecule has 0 bridgehead atoms. The highest BCUT2D eigenvalue weighted by molar-refractivity contribution is 6.33. The molecule has 0 fully saturated rings. The maximum absolute atomic E-state index is 8.94. The second kappa shape index (κ2) is 5.03. The number of rotatable bonds is 4. The fraction of sp³-hybridized carbons (Fsp3) is 0.273. The van der Waals surface area contributed by atoms with Gasteiger partial charge < -0.3 is 10.4 Å². The Kier molecular flexibility index (Phi) is 3.98. The molecule has 3 heteroatoms. The van der Waals surface area contributed by atoms with E-state index in [0.717, 1.165) is 16.8 Å². The summed E-state index contributed by atoms with van der Waals surface area (Å²) in [4.78, 5) is 0. The predicted molar refractivity (Wildman–Crippen MR) is 60.7 cm³/mol. The zero-order valence-corrected chi connectivity index (χ0v) is 8.93. The van der Waals surface area contributed by atoms with Crippen LogP contribution in [-0.2, 0) is 6.61 Å². The highest BCUT2D eigenvalue weighted by Gasteiger charge is 2.00. The Balaban J connectivity index is 2.78. The van der Waals surface area contributed by atoms with Crippen LogP contribution in [-0.4, -0.2) is 11.7 Å². The van der Waals surface area contributed by atoms with Crippen molar-refractivity contribution >= 4 is 17.3 Å². The molecule has 2 nitrogen and oxygen atoms in total. The standard InChI is InChI=1S/C11H14ClNO/c1-8(2)6-13-11-5-9(7-14)3-4-10(11)12/h3-5,13-14H,1,6-7H2,2H3. The van der Waals surface area contributed by atoms with E-state index in [9.17, 15) is 0 Å². The molecule has 0 aromatic heterocycles. The normalized spacial score (nSPS) is 9.93. The second-order valence-corrected chi connectivity index (χ2v) is 3.69. The van der Waals surface area contributed by atoms with Crippen LogP contribution in [0.15, 0.2) is 30.4 Å².